The second kappa shape index (κ2) is 6.88. The van der Waals surface area contributed by atoms with Crippen molar-refractivity contribution in [2.75, 3.05) is 6.61 Å². The molecule has 132 valence electrons. The van der Waals surface area contributed by atoms with Crippen LogP contribution in [0.1, 0.15) is 12.5 Å². The van der Waals surface area contributed by atoms with Gasteiger partial charge in [0.25, 0.3) is 0 Å². The fourth-order valence-corrected chi connectivity index (χ4v) is 2.81. The number of aliphatic imine (C=N–C) groups is 1. The molecule has 2 aliphatic rings. The van der Waals surface area contributed by atoms with Gasteiger partial charge in [-0.1, -0.05) is 6.07 Å². The Morgan fingerprint density at radius 2 is 2.15 bits per heavy atom. The van der Waals surface area contributed by atoms with Crippen LogP contribution in [0.3, 0.4) is 0 Å². The molecule has 0 N–H and O–H groups in total. The molecule has 0 radical (unpaired) electrons. The number of esters is 1. The lowest BCUT2D eigenvalue weighted by Gasteiger charge is -2.30. The van der Waals surface area contributed by atoms with E-state index in [1.807, 2.05) is 6.07 Å². The number of carbonyl (C=O) groups excluding carboxylic acids is 2. The summed E-state index contributed by atoms with van der Waals surface area (Å²) in [7, 11) is 0. The largest absolute Gasteiger partial charge is 0.464 e. The quantitative estimate of drug-likeness (QED) is 0.608. The molecule has 1 atom stereocenters. The Bertz CT molecular complexity index is 928. The highest BCUT2D eigenvalue weighted by Crippen LogP contribution is 2.32. The number of ketones is 1. The van der Waals surface area contributed by atoms with Crippen molar-refractivity contribution in [1.29, 1.82) is 5.26 Å². The van der Waals surface area contributed by atoms with E-state index in [0.29, 0.717) is 5.70 Å². The molecule has 6 nitrogen and oxygen atoms in total. The van der Waals surface area contributed by atoms with E-state index in [0.717, 1.165) is 18.2 Å². The lowest BCUT2D eigenvalue weighted by atomic mass is 10.0. The molecule has 0 spiro atoms. The molecule has 2 aliphatic heterocycles. The Hall–Kier alpha value is -3.34. The topological polar surface area (TPSA) is 82.8 Å². The highest BCUT2D eigenvalue weighted by Gasteiger charge is 2.43. The third-order valence-corrected chi connectivity index (χ3v) is 3.90. The minimum Gasteiger partial charge on any atom is -0.464 e. The van der Waals surface area contributed by atoms with Crippen molar-refractivity contribution in [2.24, 2.45) is 4.99 Å². The summed E-state index contributed by atoms with van der Waals surface area (Å²) in [6.45, 7) is 1.70. The summed E-state index contributed by atoms with van der Waals surface area (Å²) in [4.78, 5) is 29.8. The summed E-state index contributed by atoms with van der Waals surface area (Å²) < 4.78 is 32.1. The lowest BCUT2D eigenvalue weighted by molar-refractivity contribution is -0.150. The van der Waals surface area contributed by atoms with Gasteiger partial charge in [-0.15, -0.1) is 0 Å². The monoisotopic (exact) mass is 357 g/mol. The molecule has 3 rings (SSSR count). The smallest absolute Gasteiger partial charge is 0.337 e. The molecule has 1 unspecified atom stereocenters. The van der Waals surface area contributed by atoms with Gasteiger partial charge in [-0.05, 0) is 24.6 Å². The molecule has 1 aromatic rings. The summed E-state index contributed by atoms with van der Waals surface area (Å²) in [5.41, 5.74) is 0.484. The molecule has 2 heterocycles. The van der Waals surface area contributed by atoms with Crippen LogP contribution in [-0.2, 0) is 20.7 Å². The van der Waals surface area contributed by atoms with Crippen LogP contribution in [0.25, 0.3) is 0 Å². The predicted octanol–water partition coefficient (Wildman–Crippen LogP) is 2.03. The van der Waals surface area contributed by atoms with Gasteiger partial charge in [0.1, 0.15) is 29.2 Å². The van der Waals surface area contributed by atoms with Gasteiger partial charge in [-0.2, -0.15) is 5.26 Å². The van der Waals surface area contributed by atoms with Gasteiger partial charge in [0, 0.05) is 24.3 Å². The van der Waals surface area contributed by atoms with Crippen LogP contribution in [0, 0.1) is 23.0 Å². The average Bonchev–Trinajstić information content (AvgIpc) is 2.93. The number of nitriles is 1. The first-order chi connectivity index (χ1) is 12.4. The molecule has 8 heteroatoms. The molecule has 0 saturated carbocycles. The maximum Gasteiger partial charge on any atom is 0.337 e. The van der Waals surface area contributed by atoms with Gasteiger partial charge in [-0.25, -0.2) is 18.6 Å². The molecule has 0 bridgehead atoms. The molecule has 0 aromatic heterocycles. The van der Waals surface area contributed by atoms with Crippen LogP contribution in [0.2, 0.25) is 0 Å². The summed E-state index contributed by atoms with van der Waals surface area (Å²) in [5, 5.41) is 9.14. The summed E-state index contributed by atoms with van der Waals surface area (Å²) in [5.74, 6) is -2.67. The van der Waals surface area contributed by atoms with Gasteiger partial charge in [0.05, 0.1) is 6.61 Å². The molecular weight excluding hydrogens is 344 g/mol. The Kier molecular flexibility index (Phi) is 4.63. The average molecular weight is 357 g/mol. The number of allylic oxidation sites excluding steroid dienone is 2. The highest BCUT2D eigenvalue weighted by atomic mass is 19.1. The van der Waals surface area contributed by atoms with Gasteiger partial charge in [0.15, 0.2) is 11.8 Å². The van der Waals surface area contributed by atoms with Crippen LogP contribution in [0.15, 0.2) is 46.9 Å². The third kappa shape index (κ3) is 3.11. The first kappa shape index (κ1) is 17.5. The summed E-state index contributed by atoms with van der Waals surface area (Å²) in [6, 6.07) is 3.71. The first-order valence-corrected chi connectivity index (χ1v) is 7.79. The zero-order chi connectivity index (χ0) is 18.8. The number of halogens is 2. The van der Waals surface area contributed by atoms with Gasteiger partial charge in [-0.3, -0.25) is 4.79 Å². The summed E-state index contributed by atoms with van der Waals surface area (Å²) >= 11 is 0. The van der Waals surface area contributed by atoms with E-state index < -0.39 is 29.4 Å². The second-order valence-corrected chi connectivity index (χ2v) is 5.59. The number of fused-ring (bicyclic) bond motifs is 1. The number of hydrogen-bond acceptors (Lipinski definition) is 6. The third-order valence-electron chi connectivity index (χ3n) is 3.90. The predicted molar refractivity (Wildman–Crippen MR) is 86.5 cm³/mol. The van der Waals surface area contributed by atoms with Crippen molar-refractivity contribution >= 4 is 17.5 Å². The van der Waals surface area contributed by atoms with E-state index >= 15 is 0 Å². The van der Waals surface area contributed by atoms with Gasteiger partial charge < -0.3 is 9.64 Å². The zero-order valence-electron chi connectivity index (χ0n) is 13.7. The van der Waals surface area contributed by atoms with Crippen molar-refractivity contribution in [1.82, 2.24) is 4.90 Å². The lowest BCUT2D eigenvalue weighted by Crippen LogP contribution is -2.43. The van der Waals surface area contributed by atoms with Gasteiger partial charge in [0.2, 0.25) is 0 Å². The Morgan fingerprint density at radius 1 is 1.38 bits per heavy atom. The van der Waals surface area contributed by atoms with E-state index in [1.54, 1.807) is 6.92 Å². The van der Waals surface area contributed by atoms with Crippen LogP contribution in [0.5, 0.6) is 0 Å². The maximum atomic E-state index is 14.0. The summed E-state index contributed by atoms with van der Waals surface area (Å²) in [6.07, 6.45) is 2.45. The number of nitrogens with zero attached hydrogens (tertiary/aromatic N) is 3. The zero-order valence-corrected chi connectivity index (χ0v) is 13.7. The van der Waals surface area contributed by atoms with Crippen molar-refractivity contribution in [3.05, 3.63) is 59.1 Å². The molecule has 0 amide bonds. The Morgan fingerprint density at radius 3 is 2.81 bits per heavy atom. The van der Waals surface area contributed by atoms with E-state index in [2.05, 4.69) is 4.99 Å². The minimum absolute atomic E-state index is 0.0160. The van der Waals surface area contributed by atoms with Crippen molar-refractivity contribution in [3.8, 4) is 6.07 Å². The van der Waals surface area contributed by atoms with Crippen LogP contribution >= 0.6 is 0 Å². The van der Waals surface area contributed by atoms with E-state index in [1.165, 1.54) is 17.0 Å². The SMILES string of the molecule is CCOC(=O)C1C(=O)C=C2N=C(C#N)C=C(Cc3ccc(F)cc3F)N21. The maximum absolute atomic E-state index is 14.0. The van der Waals surface area contributed by atoms with Gasteiger partial charge >= 0.3 is 5.97 Å². The highest BCUT2D eigenvalue weighted by molar-refractivity contribution is 6.14. The Labute approximate surface area is 147 Å². The standard InChI is InChI=1S/C18H13F2N3O3/c1-2-26-18(25)17-15(24)8-16-22-12(9-21)7-13(23(16)17)5-10-3-4-11(19)6-14(10)20/h3-4,6-8,17H,2,5H2,1H3. The molecule has 0 aliphatic carbocycles. The molecule has 26 heavy (non-hydrogen) atoms. The number of benzene rings is 1. The first-order valence-electron chi connectivity index (χ1n) is 7.79. The second-order valence-electron chi connectivity index (χ2n) is 5.59. The number of carbonyl (C=O) groups is 2. The van der Waals surface area contributed by atoms with E-state index in [-0.39, 0.29) is 30.1 Å². The molecule has 0 fully saturated rings. The fraction of sp³-hybridized carbons (Fsp3) is 0.222. The van der Waals surface area contributed by atoms with E-state index in [4.69, 9.17) is 10.00 Å². The normalized spacial score (nSPS) is 18.5. The number of ether oxygens (including phenoxy) is 1. The molecule has 1 aromatic carbocycles. The van der Waals surface area contributed by atoms with Crippen molar-refractivity contribution < 1.29 is 23.1 Å². The Balaban J connectivity index is 2.00. The molecule has 0 saturated heterocycles. The van der Waals surface area contributed by atoms with Crippen molar-refractivity contribution in [2.45, 2.75) is 19.4 Å². The van der Waals surface area contributed by atoms with Crippen molar-refractivity contribution in [3.63, 3.8) is 0 Å². The fourth-order valence-electron chi connectivity index (χ4n) is 2.81. The van der Waals surface area contributed by atoms with E-state index in [9.17, 15) is 18.4 Å². The van der Waals surface area contributed by atoms with Crippen LogP contribution < -0.4 is 0 Å². The number of rotatable bonds is 4. The number of hydrogen-bond donors (Lipinski definition) is 0. The molecular formula is C18H13F2N3O3. The minimum atomic E-state index is -1.27. The van der Waals surface area contributed by atoms with Crippen LogP contribution in [0.4, 0.5) is 8.78 Å². The van der Waals surface area contributed by atoms with Crippen LogP contribution in [-0.4, -0.2) is 35.0 Å².